The number of alkyl halides is 3. The molecule has 2 fully saturated rings. The molecule has 222 valence electrons. The minimum Gasteiger partial charge on any atom is -0.475 e. The molecule has 0 aliphatic carbocycles. The standard InChI is InChI=1S/C23H34ClN7O2.C2HF3O2/c1-23(2,3)27-20(32)19-13-31(18(14-33-19)12-15-4-6-16(24)7-5-15)17-8-10-30(11-9-17)22-26-21(25)28-29-22;3-2(4,5)1(6)7/h4-7,17-19H,8-14H2,1-3H3,(H,27,32)(H3,25,26,28,29);(H,6,7). The maximum absolute atomic E-state index is 12.9. The number of amides is 1. The van der Waals surface area contributed by atoms with Crippen molar-refractivity contribution in [1.82, 2.24) is 25.4 Å². The summed E-state index contributed by atoms with van der Waals surface area (Å²) < 4.78 is 37.8. The van der Waals surface area contributed by atoms with Crippen molar-refractivity contribution in [2.24, 2.45) is 0 Å². The van der Waals surface area contributed by atoms with Crippen molar-refractivity contribution in [3.8, 4) is 0 Å². The van der Waals surface area contributed by atoms with E-state index in [0.717, 1.165) is 37.4 Å². The Morgan fingerprint density at radius 3 is 2.30 bits per heavy atom. The molecule has 2 saturated heterocycles. The fraction of sp³-hybridized carbons (Fsp3) is 0.600. The number of halogens is 4. The van der Waals surface area contributed by atoms with Gasteiger partial charge in [-0.2, -0.15) is 18.2 Å². The third-order valence-corrected chi connectivity index (χ3v) is 6.71. The van der Waals surface area contributed by atoms with E-state index in [4.69, 9.17) is 32.0 Å². The molecule has 1 amide bonds. The number of piperidine rings is 1. The monoisotopic (exact) mass is 589 g/mol. The third kappa shape index (κ3) is 9.24. The Labute approximate surface area is 235 Å². The van der Waals surface area contributed by atoms with Gasteiger partial charge in [0.05, 0.1) is 6.61 Å². The number of hydrogen-bond donors (Lipinski definition) is 4. The van der Waals surface area contributed by atoms with Crippen LogP contribution >= 0.6 is 11.6 Å². The summed E-state index contributed by atoms with van der Waals surface area (Å²) in [4.78, 5) is 30.7. The van der Waals surface area contributed by atoms with E-state index < -0.39 is 18.2 Å². The number of carbonyl (C=O) groups is 2. The number of anilines is 2. The molecule has 3 heterocycles. The fourth-order valence-corrected chi connectivity index (χ4v) is 4.77. The first-order chi connectivity index (χ1) is 18.6. The Hall–Kier alpha value is -3.10. The number of benzene rings is 1. The van der Waals surface area contributed by atoms with Gasteiger partial charge in [-0.05, 0) is 57.7 Å². The smallest absolute Gasteiger partial charge is 0.475 e. The molecule has 2 aromatic rings. The maximum atomic E-state index is 12.9. The Morgan fingerprint density at radius 2 is 1.80 bits per heavy atom. The van der Waals surface area contributed by atoms with Crippen LogP contribution < -0.4 is 16.0 Å². The van der Waals surface area contributed by atoms with Gasteiger partial charge in [0.25, 0.3) is 5.91 Å². The zero-order valence-corrected chi connectivity index (χ0v) is 23.3. The Morgan fingerprint density at radius 1 is 1.20 bits per heavy atom. The second kappa shape index (κ2) is 13.0. The number of ether oxygens (including phenoxy) is 1. The van der Waals surface area contributed by atoms with Crippen molar-refractivity contribution in [3.05, 3.63) is 34.9 Å². The topological polar surface area (TPSA) is 150 Å². The molecule has 0 spiro atoms. The quantitative estimate of drug-likeness (QED) is 0.413. The van der Waals surface area contributed by atoms with E-state index in [1.54, 1.807) is 0 Å². The number of aromatic nitrogens is 3. The number of carbonyl (C=O) groups excluding carboxylic acids is 1. The van der Waals surface area contributed by atoms with Gasteiger partial charge in [0, 0.05) is 42.3 Å². The van der Waals surface area contributed by atoms with Gasteiger partial charge >= 0.3 is 12.1 Å². The maximum Gasteiger partial charge on any atom is 0.490 e. The summed E-state index contributed by atoms with van der Waals surface area (Å²) in [6, 6.07) is 8.52. The van der Waals surface area contributed by atoms with E-state index in [1.807, 2.05) is 32.9 Å². The summed E-state index contributed by atoms with van der Waals surface area (Å²) in [6.07, 6.45) is -2.79. The van der Waals surface area contributed by atoms with Gasteiger partial charge in [0.15, 0.2) is 0 Å². The third-order valence-electron chi connectivity index (χ3n) is 6.46. The average molecular weight is 590 g/mol. The Balaban J connectivity index is 0.000000559. The SMILES string of the molecule is CC(C)(C)NC(=O)C1CN(C2CCN(c3n[nH]c(N)n3)CC2)C(Cc2ccc(Cl)cc2)CO1.O=C(O)C(F)(F)F. The summed E-state index contributed by atoms with van der Waals surface area (Å²) >= 11 is 6.07. The predicted octanol–water partition coefficient (Wildman–Crippen LogP) is 2.87. The highest BCUT2D eigenvalue weighted by molar-refractivity contribution is 6.30. The second-order valence-electron chi connectivity index (χ2n) is 10.8. The van der Waals surface area contributed by atoms with Gasteiger partial charge in [-0.1, -0.05) is 23.7 Å². The van der Waals surface area contributed by atoms with E-state index in [1.165, 1.54) is 5.56 Å². The molecule has 4 rings (SSSR count). The number of rotatable bonds is 5. The number of morpholine rings is 1. The normalized spacial score (nSPS) is 20.9. The summed E-state index contributed by atoms with van der Waals surface area (Å²) in [5.41, 5.74) is 6.61. The molecule has 0 saturated carbocycles. The van der Waals surface area contributed by atoms with Gasteiger partial charge in [-0.15, -0.1) is 5.10 Å². The number of aromatic amines is 1. The van der Waals surface area contributed by atoms with E-state index in [9.17, 15) is 18.0 Å². The van der Waals surface area contributed by atoms with E-state index >= 15 is 0 Å². The van der Waals surface area contributed by atoms with Crippen LogP contribution in [0.15, 0.2) is 24.3 Å². The number of nitrogen functional groups attached to an aromatic ring is 1. The lowest BCUT2D eigenvalue weighted by atomic mass is 9.96. The number of aliphatic carboxylic acids is 1. The summed E-state index contributed by atoms with van der Waals surface area (Å²) in [7, 11) is 0. The molecule has 15 heteroatoms. The molecule has 0 bridgehead atoms. The minimum absolute atomic E-state index is 0.0499. The average Bonchev–Trinajstić information content (AvgIpc) is 3.31. The van der Waals surface area contributed by atoms with Gasteiger partial charge < -0.3 is 25.8 Å². The molecule has 1 aromatic carbocycles. The van der Waals surface area contributed by atoms with Crippen LogP contribution in [0.25, 0.3) is 0 Å². The van der Waals surface area contributed by atoms with Crippen LogP contribution in [-0.4, -0.2) is 93.2 Å². The molecule has 40 heavy (non-hydrogen) atoms. The van der Waals surface area contributed by atoms with E-state index in [0.29, 0.717) is 31.1 Å². The van der Waals surface area contributed by atoms with E-state index in [2.05, 4.69) is 42.4 Å². The Kier molecular flexibility index (Phi) is 10.2. The van der Waals surface area contributed by atoms with Crippen molar-refractivity contribution in [2.75, 3.05) is 36.9 Å². The highest BCUT2D eigenvalue weighted by Gasteiger charge is 2.39. The summed E-state index contributed by atoms with van der Waals surface area (Å²) in [5, 5.41) is 17.8. The summed E-state index contributed by atoms with van der Waals surface area (Å²) in [6.45, 7) is 8.74. The van der Waals surface area contributed by atoms with E-state index in [-0.39, 0.29) is 17.5 Å². The number of nitrogens with zero attached hydrogens (tertiary/aromatic N) is 4. The second-order valence-corrected chi connectivity index (χ2v) is 11.2. The van der Waals surface area contributed by atoms with Crippen LogP contribution in [0.4, 0.5) is 25.1 Å². The Bertz CT molecular complexity index is 1130. The lowest BCUT2D eigenvalue weighted by Gasteiger charge is -2.46. The largest absolute Gasteiger partial charge is 0.490 e. The molecule has 0 radical (unpaired) electrons. The van der Waals surface area contributed by atoms with Crippen LogP contribution in [0.1, 0.15) is 39.2 Å². The first-order valence-corrected chi connectivity index (χ1v) is 13.2. The number of nitrogens with one attached hydrogen (secondary N) is 2. The van der Waals surface area contributed by atoms with Crippen molar-refractivity contribution >= 4 is 35.4 Å². The van der Waals surface area contributed by atoms with Crippen molar-refractivity contribution in [2.45, 2.75) is 69.9 Å². The van der Waals surface area contributed by atoms with Gasteiger partial charge in [-0.3, -0.25) is 9.69 Å². The fourth-order valence-electron chi connectivity index (χ4n) is 4.64. The molecular formula is C25H35ClF3N7O4. The molecule has 2 unspecified atom stereocenters. The van der Waals surface area contributed by atoms with Gasteiger partial charge in [0.1, 0.15) is 6.10 Å². The zero-order valence-electron chi connectivity index (χ0n) is 22.5. The highest BCUT2D eigenvalue weighted by Crippen LogP contribution is 2.27. The lowest BCUT2D eigenvalue weighted by Crippen LogP contribution is -2.61. The van der Waals surface area contributed by atoms with Crippen molar-refractivity contribution in [3.63, 3.8) is 0 Å². The van der Waals surface area contributed by atoms with Crippen LogP contribution in [0.5, 0.6) is 0 Å². The van der Waals surface area contributed by atoms with Crippen molar-refractivity contribution < 1.29 is 32.6 Å². The first kappa shape index (κ1) is 31.4. The number of nitrogens with two attached hydrogens (primary N) is 1. The van der Waals surface area contributed by atoms with Gasteiger partial charge in [0.2, 0.25) is 11.9 Å². The molecule has 5 N–H and O–H groups in total. The molecular weight excluding hydrogens is 555 g/mol. The molecule has 2 atom stereocenters. The van der Waals surface area contributed by atoms with Crippen molar-refractivity contribution in [1.29, 1.82) is 0 Å². The number of H-pyrrole nitrogens is 1. The minimum atomic E-state index is -5.08. The lowest BCUT2D eigenvalue weighted by molar-refractivity contribution is -0.192. The number of carboxylic acid groups (broad SMARTS) is 1. The predicted molar refractivity (Wildman–Crippen MR) is 143 cm³/mol. The number of carboxylic acids is 1. The molecule has 2 aliphatic heterocycles. The first-order valence-electron chi connectivity index (χ1n) is 12.8. The zero-order chi connectivity index (χ0) is 29.7. The van der Waals surface area contributed by atoms with Crippen LogP contribution in [0, 0.1) is 0 Å². The van der Waals surface area contributed by atoms with Gasteiger partial charge in [-0.25, -0.2) is 9.89 Å². The molecule has 11 nitrogen and oxygen atoms in total. The molecule has 2 aliphatic rings. The summed E-state index contributed by atoms with van der Waals surface area (Å²) in [5.74, 6) is -1.83. The van der Waals surface area contributed by atoms with Crippen LogP contribution in [0.3, 0.4) is 0 Å². The number of hydrogen-bond acceptors (Lipinski definition) is 8. The molecule has 1 aromatic heterocycles. The van der Waals surface area contributed by atoms with Crippen LogP contribution in [-0.2, 0) is 20.7 Å². The van der Waals surface area contributed by atoms with Crippen LogP contribution in [0.2, 0.25) is 5.02 Å². The highest BCUT2D eigenvalue weighted by atomic mass is 35.5.